The van der Waals surface area contributed by atoms with Gasteiger partial charge in [-0.05, 0) is 29.7 Å². The maximum Gasteiger partial charge on any atom is 0.179 e. The minimum absolute atomic E-state index is 0.0175. The van der Waals surface area contributed by atoms with E-state index in [4.69, 9.17) is 0 Å². The van der Waals surface area contributed by atoms with E-state index < -0.39 is 0 Å². The van der Waals surface area contributed by atoms with Gasteiger partial charge in [0.2, 0.25) is 0 Å². The number of aromatic nitrogens is 1. The average molecular weight is 281 g/mol. The van der Waals surface area contributed by atoms with Crippen molar-refractivity contribution in [3.63, 3.8) is 0 Å². The number of Topliss-reactive ketones (excluding diaryl/α,β-unsaturated/α-hetero) is 1. The lowest BCUT2D eigenvalue weighted by atomic mass is 9.84. The first-order chi connectivity index (χ1) is 9.93. The smallest absolute Gasteiger partial charge is 0.179 e. The predicted molar refractivity (Wildman–Crippen MR) is 79.5 cm³/mol. The van der Waals surface area contributed by atoms with Crippen molar-refractivity contribution in [2.75, 3.05) is 0 Å². The zero-order chi connectivity index (χ0) is 15.0. The lowest BCUT2D eigenvalue weighted by Gasteiger charge is -2.30. The van der Waals surface area contributed by atoms with Crippen molar-refractivity contribution in [2.24, 2.45) is 5.41 Å². The summed E-state index contributed by atoms with van der Waals surface area (Å²) in [5.41, 5.74) is 2.13. The van der Waals surface area contributed by atoms with E-state index in [1.54, 1.807) is 12.1 Å². The summed E-state index contributed by atoms with van der Waals surface area (Å²) >= 11 is 0. The average Bonchev–Trinajstić information content (AvgIpc) is 2.78. The first-order valence-electron chi connectivity index (χ1n) is 6.94. The van der Waals surface area contributed by atoms with Crippen LogP contribution < -0.4 is 0 Å². The van der Waals surface area contributed by atoms with Crippen molar-refractivity contribution >= 4 is 5.78 Å². The molecule has 0 fully saturated rings. The van der Waals surface area contributed by atoms with Crippen molar-refractivity contribution in [2.45, 2.75) is 26.8 Å². The van der Waals surface area contributed by atoms with Crippen molar-refractivity contribution in [3.8, 4) is 11.8 Å². The first kappa shape index (κ1) is 13.6. The Morgan fingerprint density at radius 2 is 1.95 bits per heavy atom. The molecule has 1 aromatic carbocycles. The van der Waals surface area contributed by atoms with Crippen molar-refractivity contribution in [1.82, 2.24) is 4.57 Å². The van der Waals surface area contributed by atoms with Crippen LogP contribution >= 0.6 is 0 Å². The fraction of sp³-hybridized carbons (Fsp3) is 0.278. The quantitative estimate of drug-likeness (QED) is 0.676. The van der Waals surface area contributed by atoms with Crippen LogP contribution in [-0.2, 0) is 6.54 Å². The molecule has 21 heavy (non-hydrogen) atoms. The van der Waals surface area contributed by atoms with Crippen molar-refractivity contribution < 1.29 is 9.18 Å². The summed E-state index contributed by atoms with van der Waals surface area (Å²) in [7, 11) is 0. The van der Waals surface area contributed by atoms with Gasteiger partial charge in [-0.1, -0.05) is 31.8 Å². The minimum Gasteiger partial charge on any atom is -0.343 e. The van der Waals surface area contributed by atoms with Gasteiger partial charge in [-0.3, -0.25) is 4.79 Å². The summed E-state index contributed by atoms with van der Waals surface area (Å²) in [6.07, 6.45) is 2.47. The van der Waals surface area contributed by atoms with E-state index in [1.165, 1.54) is 12.1 Å². The highest BCUT2D eigenvalue weighted by Gasteiger charge is 2.30. The van der Waals surface area contributed by atoms with Gasteiger partial charge < -0.3 is 4.57 Å². The van der Waals surface area contributed by atoms with Crippen LogP contribution in [0.25, 0.3) is 0 Å². The third kappa shape index (κ3) is 2.90. The predicted octanol–water partition coefficient (Wildman–Crippen LogP) is 3.64. The lowest BCUT2D eigenvalue weighted by Crippen LogP contribution is -2.30. The second kappa shape index (κ2) is 4.89. The number of hydrogen-bond acceptors (Lipinski definition) is 1. The summed E-state index contributed by atoms with van der Waals surface area (Å²) in [5.74, 6) is 5.80. The maximum absolute atomic E-state index is 13.1. The van der Waals surface area contributed by atoms with E-state index in [0.29, 0.717) is 12.0 Å². The largest absolute Gasteiger partial charge is 0.343 e. The van der Waals surface area contributed by atoms with Crippen LogP contribution in [0.2, 0.25) is 0 Å². The Morgan fingerprint density at radius 3 is 2.71 bits per heavy atom. The van der Waals surface area contributed by atoms with Crippen LogP contribution in [0.1, 0.15) is 41.9 Å². The van der Waals surface area contributed by atoms with E-state index in [9.17, 15) is 9.18 Å². The zero-order valence-electron chi connectivity index (χ0n) is 12.1. The Kier molecular flexibility index (Phi) is 3.17. The number of ketones is 1. The number of rotatable bonds is 0. The number of carbonyl (C=O) groups excluding carboxylic acids is 1. The van der Waals surface area contributed by atoms with Gasteiger partial charge in [0.05, 0.1) is 5.69 Å². The van der Waals surface area contributed by atoms with Gasteiger partial charge in [0.1, 0.15) is 5.82 Å². The molecule has 0 atom stereocenters. The summed E-state index contributed by atoms with van der Waals surface area (Å²) in [6.45, 7) is 4.99. The molecular weight excluding hydrogens is 265 g/mol. The van der Waals surface area contributed by atoms with Crippen LogP contribution in [0.3, 0.4) is 0 Å². The Labute approximate surface area is 123 Å². The zero-order valence-corrected chi connectivity index (χ0v) is 12.1. The van der Waals surface area contributed by atoms with E-state index in [2.05, 4.69) is 25.7 Å². The molecule has 0 unspecified atom stereocenters. The first-order valence-corrected chi connectivity index (χ1v) is 6.94. The van der Waals surface area contributed by atoms with E-state index >= 15 is 0 Å². The van der Waals surface area contributed by atoms with Gasteiger partial charge in [-0.25, -0.2) is 4.39 Å². The molecule has 2 aromatic rings. The Hall–Kier alpha value is -2.34. The highest BCUT2D eigenvalue weighted by molar-refractivity contribution is 5.96. The molecule has 2 heterocycles. The maximum atomic E-state index is 13.1. The van der Waals surface area contributed by atoms with E-state index in [0.717, 1.165) is 17.8 Å². The standard InChI is InChI=1S/C18H16FNO/c1-18(2)10-17(21)16-9-14(11-20(16)12-18)7-6-13-4-3-5-15(19)8-13/h3-5,8-9,11H,10,12H2,1-2H3. The van der Waals surface area contributed by atoms with Crippen LogP contribution in [0.15, 0.2) is 36.5 Å². The SMILES string of the molecule is CC1(C)CC(=O)c2cc(C#Cc3cccc(F)c3)cn2C1. The monoisotopic (exact) mass is 281 g/mol. The molecule has 0 amide bonds. The third-order valence-corrected chi connectivity index (χ3v) is 3.60. The molecule has 0 spiro atoms. The van der Waals surface area contributed by atoms with Gasteiger partial charge in [0.15, 0.2) is 5.78 Å². The number of nitrogens with zero attached hydrogens (tertiary/aromatic N) is 1. The van der Waals surface area contributed by atoms with Crippen LogP contribution in [0.4, 0.5) is 4.39 Å². The molecule has 0 aliphatic carbocycles. The van der Waals surface area contributed by atoms with Gasteiger partial charge in [-0.2, -0.15) is 0 Å². The van der Waals surface area contributed by atoms with Gasteiger partial charge >= 0.3 is 0 Å². The van der Waals surface area contributed by atoms with Gasteiger partial charge in [0, 0.05) is 30.3 Å². The number of fused-ring (bicyclic) bond motifs is 1. The molecule has 1 aromatic heterocycles. The van der Waals surface area contributed by atoms with Crippen molar-refractivity contribution in [3.05, 3.63) is 59.2 Å². The highest BCUT2D eigenvalue weighted by atomic mass is 19.1. The third-order valence-electron chi connectivity index (χ3n) is 3.60. The number of benzene rings is 1. The number of hydrogen-bond donors (Lipinski definition) is 0. The Bertz CT molecular complexity index is 774. The summed E-state index contributed by atoms with van der Waals surface area (Å²) in [6, 6.07) is 8.01. The molecule has 3 rings (SSSR count). The second-order valence-corrected chi connectivity index (χ2v) is 6.27. The van der Waals surface area contributed by atoms with Gasteiger partial charge in [-0.15, -0.1) is 0 Å². The van der Waals surface area contributed by atoms with E-state index in [1.807, 2.05) is 16.8 Å². The molecule has 0 N–H and O–H groups in total. The molecule has 0 bridgehead atoms. The van der Waals surface area contributed by atoms with Crippen molar-refractivity contribution in [1.29, 1.82) is 0 Å². The van der Waals surface area contributed by atoms with Crippen LogP contribution in [0.5, 0.6) is 0 Å². The summed E-state index contributed by atoms with van der Waals surface area (Å²) < 4.78 is 15.1. The topological polar surface area (TPSA) is 22.0 Å². The van der Waals surface area contributed by atoms with Crippen LogP contribution in [0, 0.1) is 23.1 Å². The number of carbonyl (C=O) groups is 1. The molecule has 1 aliphatic heterocycles. The Morgan fingerprint density at radius 1 is 1.19 bits per heavy atom. The normalized spacial score (nSPS) is 16.0. The molecule has 0 saturated heterocycles. The molecule has 2 nitrogen and oxygen atoms in total. The Balaban J connectivity index is 1.92. The molecule has 1 aliphatic rings. The molecule has 106 valence electrons. The fourth-order valence-electron chi connectivity index (χ4n) is 2.70. The summed E-state index contributed by atoms with van der Waals surface area (Å²) in [4.78, 5) is 12.1. The summed E-state index contributed by atoms with van der Waals surface area (Å²) in [5, 5.41) is 0. The van der Waals surface area contributed by atoms with Crippen LogP contribution in [-0.4, -0.2) is 10.4 Å². The van der Waals surface area contributed by atoms with E-state index in [-0.39, 0.29) is 17.0 Å². The fourth-order valence-corrected chi connectivity index (χ4v) is 2.70. The lowest BCUT2D eigenvalue weighted by molar-refractivity contribution is 0.0870. The second-order valence-electron chi connectivity index (χ2n) is 6.27. The molecule has 0 radical (unpaired) electrons. The molecular formula is C18H16FNO. The highest BCUT2D eigenvalue weighted by Crippen LogP contribution is 2.31. The molecule has 3 heteroatoms. The molecule has 0 saturated carbocycles. The minimum atomic E-state index is -0.296. The van der Waals surface area contributed by atoms with Gasteiger partial charge in [0.25, 0.3) is 0 Å². The number of halogens is 1.